The minimum atomic E-state index is -0.597. The zero-order chi connectivity index (χ0) is 24.5. The Balaban J connectivity index is 1.34. The number of rotatable bonds is 5. The molecule has 0 aromatic carbocycles. The van der Waals surface area contributed by atoms with E-state index in [4.69, 9.17) is 27.6 Å². The molecule has 35 heavy (non-hydrogen) atoms. The maximum Gasteiger partial charge on any atom is 0.294 e. The number of amides is 3. The van der Waals surface area contributed by atoms with Crippen molar-refractivity contribution in [3.05, 3.63) is 46.4 Å². The number of halogens is 2. The van der Waals surface area contributed by atoms with Crippen LogP contribution in [0.1, 0.15) is 49.1 Å². The molecule has 1 saturated carbocycles. The highest BCUT2D eigenvalue weighted by Crippen LogP contribution is 2.34. The smallest absolute Gasteiger partial charge is 0.294 e. The van der Waals surface area contributed by atoms with Gasteiger partial charge in [0.25, 0.3) is 5.91 Å². The second-order valence-electron chi connectivity index (χ2n) is 8.79. The van der Waals surface area contributed by atoms with Crippen LogP contribution in [0.5, 0.6) is 0 Å². The number of aromatic nitrogens is 2. The van der Waals surface area contributed by atoms with Gasteiger partial charge >= 0.3 is 0 Å². The van der Waals surface area contributed by atoms with Crippen molar-refractivity contribution in [1.82, 2.24) is 14.9 Å². The molecule has 0 radical (unpaired) electrons. The third-order valence-corrected chi connectivity index (χ3v) is 6.98. The van der Waals surface area contributed by atoms with Gasteiger partial charge in [-0.15, -0.1) is 0 Å². The number of carbonyl (C=O) groups excluding carboxylic acids is 3. The molecule has 0 bridgehead atoms. The molecule has 182 valence electrons. The van der Waals surface area contributed by atoms with E-state index in [0.29, 0.717) is 29.9 Å². The molecule has 0 spiro atoms. The molecular weight excluding hydrogens is 493 g/mol. The summed E-state index contributed by atoms with van der Waals surface area (Å²) in [5.41, 5.74) is 0.766. The molecule has 4 heterocycles. The molecule has 1 aliphatic heterocycles. The van der Waals surface area contributed by atoms with Crippen LogP contribution in [0.25, 0.3) is 11.1 Å². The van der Waals surface area contributed by atoms with Crippen LogP contribution in [0.2, 0.25) is 10.2 Å². The Morgan fingerprint density at radius 3 is 2.54 bits per heavy atom. The Hall–Kier alpha value is -3.17. The topological polar surface area (TPSA) is 117 Å². The van der Waals surface area contributed by atoms with E-state index in [2.05, 4.69) is 20.6 Å². The Morgan fingerprint density at radius 1 is 1.06 bits per heavy atom. The SMILES string of the molecule is O=C(Nc1ccc(Cl)cn1)c1oc2ccc(Cl)nc2c1NC(=O)C1CCC(N2CCCC2=O)CC1. The van der Waals surface area contributed by atoms with Crippen LogP contribution in [0.3, 0.4) is 0 Å². The highest BCUT2D eigenvalue weighted by Gasteiger charge is 2.34. The van der Waals surface area contributed by atoms with Gasteiger partial charge in [0, 0.05) is 31.1 Å². The van der Waals surface area contributed by atoms with E-state index in [1.54, 1.807) is 24.3 Å². The minimum Gasteiger partial charge on any atom is -0.447 e. The molecule has 3 amide bonds. The average molecular weight is 516 g/mol. The lowest BCUT2D eigenvalue weighted by Crippen LogP contribution is -2.40. The van der Waals surface area contributed by atoms with Gasteiger partial charge in [0.2, 0.25) is 17.6 Å². The van der Waals surface area contributed by atoms with Gasteiger partial charge in [-0.2, -0.15) is 0 Å². The van der Waals surface area contributed by atoms with E-state index in [9.17, 15) is 14.4 Å². The molecule has 2 fully saturated rings. The van der Waals surface area contributed by atoms with Crippen LogP contribution in [-0.4, -0.2) is 45.2 Å². The molecule has 2 N–H and O–H groups in total. The fourth-order valence-electron chi connectivity index (χ4n) is 4.78. The average Bonchev–Trinajstić information content (AvgIpc) is 3.44. The largest absolute Gasteiger partial charge is 0.447 e. The number of nitrogens with one attached hydrogen (secondary N) is 2. The van der Waals surface area contributed by atoms with Gasteiger partial charge in [-0.3, -0.25) is 14.4 Å². The first-order chi connectivity index (χ1) is 16.9. The molecule has 9 nitrogen and oxygen atoms in total. The summed E-state index contributed by atoms with van der Waals surface area (Å²) in [5.74, 6) is -0.688. The van der Waals surface area contributed by atoms with Gasteiger partial charge < -0.3 is 20.0 Å². The number of fused-ring (bicyclic) bond motifs is 1. The maximum atomic E-state index is 13.2. The number of pyridine rings is 2. The summed E-state index contributed by atoms with van der Waals surface area (Å²) in [6, 6.07) is 6.48. The lowest BCUT2D eigenvalue weighted by molar-refractivity contribution is -0.130. The Kier molecular flexibility index (Phi) is 6.62. The summed E-state index contributed by atoms with van der Waals surface area (Å²) in [6.07, 6.45) is 5.77. The minimum absolute atomic E-state index is 0.101. The second kappa shape index (κ2) is 9.83. The van der Waals surface area contributed by atoms with Crippen molar-refractivity contribution >= 4 is 63.5 Å². The lowest BCUT2D eigenvalue weighted by atomic mass is 9.84. The summed E-state index contributed by atoms with van der Waals surface area (Å²) in [5, 5.41) is 6.14. The number of furan rings is 1. The van der Waals surface area contributed by atoms with Crippen LogP contribution in [-0.2, 0) is 9.59 Å². The quantitative estimate of drug-likeness (QED) is 0.466. The molecule has 5 rings (SSSR count). The van der Waals surface area contributed by atoms with Crippen molar-refractivity contribution < 1.29 is 18.8 Å². The van der Waals surface area contributed by atoms with Crippen LogP contribution in [0, 0.1) is 5.92 Å². The van der Waals surface area contributed by atoms with Gasteiger partial charge in [0.15, 0.2) is 5.58 Å². The van der Waals surface area contributed by atoms with Crippen LogP contribution < -0.4 is 10.6 Å². The summed E-state index contributed by atoms with van der Waals surface area (Å²) < 4.78 is 5.75. The Labute approximate surface area is 211 Å². The van der Waals surface area contributed by atoms with Gasteiger partial charge in [0.1, 0.15) is 22.2 Å². The van der Waals surface area contributed by atoms with E-state index < -0.39 is 5.91 Å². The Bertz CT molecular complexity index is 1290. The molecule has 1 aliphatic carbocycles. The molecule has 11 heteroatoms. The zero-order valence-electron chi connectivity index (χ0n) is 18.7. The molecule has 2 aliphatic rings. The van der Waals surface area contributed by atoms with E-state index in [0.717, 1.165) is 25.8 Å². The van der Waals surface area contributed by atoms with Gasteiger partial charge in [-0.05, 0) is 56.4 Å². The lowest BCUT2D eigenvalue weighted by Gasteiger charge is -2.34. The van der Waals surface area contributed by atoms with Gasteiger partial charge in [-0.1, -0.05) is 23.2 Å². The standard InChI is InChI=1S/C24H23Cl2N5O4/c25-14-5-10-18(27-12-14)29-24(34)22-21(20-16(35-22)8-9-17(26)28-20)30-23(33)13-3-6-15(7-4-13)31-11-1-2-19(31)32/h5,8-10,12-13,15H,1-4,6-7,11H2,(H,30,33)(H,27,29,34). The van der Waals surface area contributed by atoms with Crippen molar-refractivity contribution in [3.8, 4) is 0 Å². The fraction of sp³-hybridized carbons (Fsp3) is 0.375. The van der Waals surface area contributed by atoms with Crippen molar-refractivity contribution in [3.63, 3.8) is 0 Å². The maximum absolute atomic E-state index is 13.2. The van der Waals surface area contributed by atoms with E-state index in [1.807, 2.05) is 4.90 Å². The molecule has 1 saturated heterocycles. The number of carbonyl (C=O) groups is 3. The summed E-state index contributed by atoms with van der Waals surface area (Å²) in [6.45, 7) is 0.800. The predicted octanol–water partition coefficient (Wildman–Crippen LogP) is 4.90. The predicted molar refractivity (Wildman–Crippen MR) is 132 cm³/mol. The van der Waals surface area contributed by atoms with E-state index >= 15 is 0 Å². The van der Waals surface area contributed by atoms with Gasteiger partial charge in [0.05, 0.1) is 5.02 Å². The Morgan fingerprint density at radius 2 is 1.86 bits per heavy atom. The van der Waals surface area contributed by atoms with Crippen LogP contribution in [0.15, 0.2) is 34.9 Å². The number of hydrogen-bond acceptors (Lipinski definition) is 6. The summed E-state index contributed by atoms with van der Waals surface area (Å²) >= 11 is 11.9. The summed E-state index contributed by atoms with van der Waals surface area (Å²) in [4.78, 5) is 48.6. The zero-order valence-corrected chi connectivity index (χ0v) is 20.2. The van der Waals surface area contributed by atoms with Crippen molar-refractivity contribution in [2.75, 3.05) is 17.2 Å². The van der Waals surface area contributed by atoms with E-state index in [-0.39, 0.29) is 51.7 Å². The monoisotopic (exact) mass is 515 g/mol. The second-order valence-corrected chi connectivity index (χ2v) is 9.61. The number of nitrogens with zero attached hydrogens (tertiary/aromatic N) is 3. The normalized spacial score (nSPS) is 20.3. The highest BCUT2D eigenvalue weighted by atomic mass is 35.5. The number of anilines is 2. The first kappa shape index (κ1) is 23.6. The first-order valence-corrected chi connectivity index (χ1v) is 12.3. The molecule has 0 unspecified atom stereocenters. The summed E-state index contributed by atoms with van der Waals surface area (Å²) in [7, 11) is 0. The molecule has 0 atom stereocenters. The van der Waals surface area contributed by atoms with Crippen LogP contribution >= 0.6 is 23.2 Å². The third-order valence-electron chi connectivity index (χ3n) is 6.54. The first-order valence-electron chi connectivity index (χ1n) is 11.5. The van der Waals surface area contributed by atoms with Crippen molar-refractivity contribution in [1.29, 1.82) is 0 Å². The molecular formula is C24H23Cl2N5O4. The number of hydrogen-bond donors (Lipinski definition) is 2. The van der Waals surface area contributed by atoms with Crippen molar-refractivity contribution in [2.24, 2.45) is 5.92 Å². The van der Waals surface area contributed by atoms with E-state index in [1.165, 1.54) is 6.20 Å². The van der Waals surface area contributed by atoms with Crippen molar-refractivity contribution in [2.45, 2.75) is 44.6 Å². The third kappa shape index (κ3) is 4.97. The highest BCUT2D eigenvalue weighted by molar-refractivity contribution is 6.30. The van der Waals surface area contributed by atoms with Crippen LogP contribution in [0.4, 0.5) is 11.5 Å². The molecule has 3 aromatic rings. The number of likely N-dealkylation sites (tertiary alicyclic amines) is 1. The van der Waals surface area contributed by atoms with Gasteiger partial charge in [-0.25, -0.2) is 9.97 Å². The molecule has 3 aromatic heterocycles. The fourth-order valence-corrected chi connectivity index (χ4v) is 5.04.